The molecular formula is C31H39F3O5S. The molecule has 0 aliphatic carbocycles. The number of Topliss-reactive ketones (excluding diaryl/α,β-unsaturated/α-hetero) is 1. The second-order valence-electron chi connectivity index (χ2n) is 8.14. The van der Waals surface area contributed by atoms with E-state index in [2.05, 4.69) is 0 Å². The van der Waals surface area contributed by atoms with Crippen LogP contribution >= 0.6 is 0 Å². The largest absolute Gasteiger partial charge is 0.493 e. The Bertz CT molecular complexity index is 1160. The summed E-state index contributed by atoms with van der Waals surface area (Å²) in [6.45, 7) is 7.94. The summed E-state index contributed by atoms with van der Waals surface area (Å²) in [5, 5.41) is 0. The Hall–Kier alpha value is -3.17. The van der Waals surface area contributed by atoms with Crippen molar-refractivity contribution in [1.82, 2.24) is 0 Å². The maximum atomic E-state index is 12.5. The lowest BCUT2D eigenvalue weighted by Crippen LogP contribution is -2.22. The molecule has 0 spiro atoms. The van der Waals surface area contributed by atoms with Crippen LogP contribution in [0.2, 0.25) is 0 Å². The van der Waals surface area contributed by atoms with Crippen LogP contribution < -0.4 is 4.74 Å². The van der Waals surface area contributed by atoms with Gasteiger partial charge < -0.3 is 9.47 Å². The molecule has 0 saturated carbocycles. The fourth-order valence-corrected chi connectivity index (χ4v) is 4.37. The Morgan fingerprint density at radius 1 is 0.750 bits per heavy atom. The monoisotopic (exact) mass is 580 g/mol. The number of hydrogen-bond acceptors (Lipinski definition) is 5. The molecule has 0 aromatic heterocycles. The summed E-state index contributed by atoms with van der Waals surface area (Å²) >= 11 is 0. The smallest absolute Gasteiger partial charge is 0.449 e. The van der Waals surface area contributed by atoms with Gasteiger partial charge in [0.2, 0.25) is 5.78 Å². The predicted octanol–water partition coefficient (Wildman–Crippen LogP) is 7.40. The molecule has 0 radical (unpaired) electrons. The molecule has 0 unspecified atom stereocenters. The molecular weight excluding hydrogens is 541 g/mol. The number of carbonyl (C=O) groups excluding carboxylic acids is 1. The van der Waals surface area contributed by atoms with Gasteiger partial charge in [-0.05, 0) is 35.2 Å². The first kappa shape index (κ1) is 34.9. The number of ketones is 1. The summed E-state index contributed by atoms with van der Waals surface area (Å²) in [7, 11) is -3.45. The maximum absolute atomic E-state index is 12.5. The van der Waals surface area contributed by atoms with E-state index in [1.807, 2.05) is 88.4 Å². The number of ether oxygens (including phenoxy) is 2. The van der Waals surface area contributed by atoms with Crippen LogP contribution in [0.15, 0.2) is 84.9 Å². The van der Waals surface area contributed by atoms with Crippen molar-refractivity contribution in [3.8, 4) is 5.75 Å². The van der Waals surface area contributed by atoms with E-state index in [0.717, 1.165) is 11.1 Å². The van der Waals surface area contributed by atoms with Crippen LogP contribution in [0.5, 0.6) is 5.75 Å². The van der Waals surface area contributed by atoms with Crippen LogP contribution in [0.25, 0.3) is 0 Å². The highest BCUT2D eigenvalue weighted by Gasteiger charge is 2.37. The minimum Gasteiger partial charge on any atom is -0.493 e. The highest BCUT2D eigenvalue weighted by atomic mass is 32.2. The first-order valence-corrected chi connectivity index (χ1v) is 15.2. The van der Waals surface area contributed by atoms with Crippen molar-refractivity contribution in [2.75, 3.05) is 24.7 Å². The third kappa shape index (κ3) is 12.8. The molecule has 0 amide bonds. The molecule has 0 atom stereocenters. The quantitative estimate of drug-likeness (QED) is 0.211. The summed E-state index contributed by atoms with van der Waals surface area (Å²) in [5.41, 5.74) is 2.41. The van der Waals surface area contributed by atoms with E-state index in [-0.39, 0.29) is 37.2 Å². The van der Waals surface area contributed by atoms with Gasteiger partial charge in [0.15, 0.2) is 9.84 Å². The third-order valence-electron chi connectivity index (χ3n) is 5.43. The van der Waals surface area contributed by atoms with Crippen LogP contribution in [0.3, 0.4) is 0 Å². The number of sulfone groups is 1. The topological polar surface area (TPSA) is 69.7 Å². The van der Waals surface area contributed by atoms with Crippen LogP contribution in [0, 0.1) is 0 Å². The van der Waals surface area contributed by atoms with Gasteiger partial charge in [0.1, 0.15) is 18.5 Å². The van der Waals surface area contributed by atoms with E-state index in [1.165, 1.54) is 12.1 Å². The Labute approximate surface area is 236 Å². The number of hydrogen-bond donors (Lipinski definition) is 0. The van der Waals surface area contributed by atoms with Crippen LogP contribution in [0.4, 0.5) is 13.2 Å². The van der Waals surface area contributed by atoms with Crippen molar-refractivity contribution in [2.24, 2.45) is 0 Å². The van der Waals surface area contributed by atoms with Crippen LogP contribution in [-0.2, 0) is 25.8 Å². The number of carbonyl (C=O) groups is 1. The normalized spacial score (nSPS) is 11.1. The lowest BCUT2D eigenvalue weighted by atomic mass is 10.0. The average Bonchev–Trinajstić information content (AvgIpc) is 2.97. The molecule has 5 nitrogen and oxygen atoms in total. The molecule has 0 heterocycles. The average molecular weight is 581 g/mol. The Kier molecular flexibility index (Phi) is 15.9. The summed E-state index contributed by atoms with van der Waals surface area (Å²) in [6, 6.07) is 25.3. The molecule has 220 valence electrons. The molecule has 9 heteroatoms. The number of rotatable bonds is 13. The van der Waals surface area contributed by atoms with Gasteiger partial charge in [0, 0.05) is 6.42 Å². The number of halogens is 3. The van der Waals surface area contributed by atoms with Crippen molar-refractivity contribution in [2.45, 2.75) is 52.8 Å². The van der Waals surface area contributed by atoms with Gasteiger partial charge in [-0.15, -0.1) is 0 Å². The SMILES string of the molecule is CC.CC.O=C(CCc1ccc(OCCS(=O)(=O)CCOC(c2ccccc2)c2ccccc2)cc1)C(F)(F)F. The molecule has 0 saturated heterocycles. The zero-order valence-electron chi connectivity index (χ0n) is 23.5. The Morgan fingerprint density at radius 2 is 1.23 bits per heavy atom. The van der Waals surface area contributed by atoms with Crippen molar-refractivity contribution in [1.29, 1.82) is 0 Å². The van der Waals surface area contributed by atoms with Crippen LogP contribution in [-0.4, -0.2) is 45.1 Å². The van der Waals surface area contributed by atoms with Crippen molar-refractivity contribution in [3.63, 3.8) is 0 Å². The molecule has 3 aromatic rings. The summed E-state index contributed by atoms with van der Waals surface area (Å²) in [6.07, 6.45) is -5.88. The minimum absolute atomic E-state index is 0.0160. The zero-order chi connectivity index (χ0) is 30.0. The van der Waals surface area contributed by atoms with E-state index in [0.29, 0.717) is 11.3 Å². The first-order chi connectivity index (χ1) is 19.1. The van der Waals surface area contributed by atoms with Crippen molar-refractivity contribution in [3.05, 3.63) is 102 Å². The molecule has 0 aliphatic heterocycles. The van der Waals surface area contributed by atoms with Gasteiger partial charge in [0.25, 0.3) is 0 Å². The highest BCUT2D eigenvalue weighted by molar-refractivity contribution is 7.91. The molecule has 3 rings (SSSR count). The predicted molar refractivity (Wildman–Crippen MR) is 153 cm³/mol. The lowest BCUT2D eigenvalue weighted by Gasteiger charge is -2.19. The lowest BCUT2D eigenvalue weighted by molar-refractivity contribution is -0.171. The fraction of sp³-hybridized carbons (Fsp3) is 0.387. The Morgan fingerprint density at radius 3 is 1.70 bits per heavy atom. The van der Waals surface area contributed by atoms with Gasteiger partial charge in [-0.25, -0.2) is 8.42 Å². The van der Waals surface area contributed by atoms with Gasteiger partial charge in [-0.3, -0.25) is 4.79 Å². The molecule has 3 aromatic carbocycles. The standard InChI is InChI=1S/C27H27F3O5S.2C2H6/c28-27(29,30)25(31)16-13-21-11-14-24(15-12-21)34-17-19-36(32,33)20-18-35-26(22-7-3-1-4-8-22)23-9-5-2-6-10-23;2*1-2/h1-12,14-15,26H,13,16-20H2;2*1-2H3. The number of benzene rings is 3. The van der Waals surface area contributed by atoms with E-state index >= 15 is 0 Å². The van der Waals surface area contributed by atoms with Gasteiger partial charge in [-0.2, -0.15) is 13.2 Å². The summed E-state index contributed by atoms with van der Waals surface area (Å²) in [5.74, 6) is -1.76. The maximum Gasteiger partial charge on any atom is 0.449 e. The van der Waals surface area contributed by atoms with E-state index in [9.17, 15) is 26.4 Å². The molecule has 40 heavy (non-hydrogen) atoms. The van der Waals surface area contributed by atoms with E-state index < -0.39 is 28.2 Å². The summed E-state index contributed by atoms with van der Waals surface area (Å²) < 4.78 is 73.3. The van der Waals surface area contributed by atoms with E-state index in [4.69, 9.17) is 9.47 Å². The second kappa shape index (κ2) is 18.2. The van der Waals surface area contributed by atoms with Crippen LogP contribution in [0.1, 0.15) is 56.9 Å². The fourth-order valence-electron chi connectivity index (χ4n) is 3.47. The highest BCUT2D eigenvalue weighted by Crippen LogP contribution is 2.26. The van der Waals surface area contributed by atoms with Gasteiger partial charge in [-0.1, -0.05) is 100 Å². The first-order valence-electron chi connectivity index (χ1n) is 13.4. The van der Waals surface area contributed by atoms with Gasteiger partial charge >= 0.3 is 6.18 Å². The second-order valence-corrected chi connectivity index (χ2v) is 10.4. The molecule has 0 fully saturated rings. The van der Waals surface area contributed by atoms with Crippen molar-refractivity contribution < 1.29 is 35.9 Å². The Balaban J connectivity index is 0.00000191. The van der Waals surface area contributed by atoms with Gasteiger partial charge in [0.05, 0.1) is 18.1 Å². The minimum atomic E-state index is -4.83. The number of alkyl halides is 3. The zero-order valence-corrected chi connectivity index (χ0v) is 24.3. The van der Waals surface area contributed by atoms with Crippen molar-refractivity contribution >= 4 is 15.6 Å². The molecule has 0 aliphatic rings. The number of aryl methyl sites for hydroxylation is 1. The summed E-state index contributed by atoms with van der Waals surface area (Å²) in [4.78, 5) is 11.0. The molecule has 0 N–H and O–H groups in total. The van der Waals surface area contributed by atoms with E-state index in [1.54, 1.807) is 12.1 Å². The third-order valence-corrected chi connectivity index (χ3v) is 7.00. The molecule has 0 bridgehead atoms.